The highest BCUT2D eigenvalue weighted by Gasteiger charge is 2.22. The number of rotatable bonds is 3. The number of hydrogen-bond donors (Lipinski definition) is 1. The molecule has 0 aliphatic carbocycles. The molecule has 33 heavy (non-hydrogen) atoms. The van der Waals surface area contributed by atoms with Gasteiger partial charge in [-0.2, -0.15) is 0 Å². The maximum absolute atomic E-state index is 12.8. The minimum atomic E-state index is 0.0475. The molecule has 5 rings (SSSR count). The number of allylic oxidation sites excluding steroid dienone is 3. The Kier molecular flexibility index (Phi) is 5.84. The lowest BCUT2D eigenvalue weighted by Crippen LogP contribution is -2.40. The highest BCUT2D eigenvalue weighted by atomic mass is 16.5. The Bertz CT molecular complexity index is 1150. The van der Waals surface area contributed by atoms with Crippen molar-refractivity contribution in [2.24, 2.45) is 10.9 Å². The number of nitrogens with zero attached hydrogens (tertiary/aromatic N) is 3. The number of amides is 1. The van der Waals surface area contributed by atoms with E-state index in [0.29, 0.717) is 37.8 Å². The molecule has 0 spiro atoms. The number of aliphatic imine (C=N–C) groups is 1. The summed E-state index contributed by atoms with van der Waals surface area (Å²) in [6.07, 6.45) is 9.48. The predicted octanol–water partition coefficient (Wildman–Crippen LogP) is 4.39. The van der Waals surface area contributed by atoms with Crippen LogP contribution >= 0.6 is 0 Å². The summed E-state index contributed by atoms with van der Waals surface area (Å²) in [7, 11) is 0. The molecular formula is C27H28N4O2. The second-order valence-electron chi connectivity index (χ2n) is 8.64. The zero-order valence-electron chi connectivity index (χ0n) is 18.8. The molecule has 0 bridgehead atoms. The molecule has 0 aromatic heterocycles. The average Bonchev–Trinajstić information content (AvgIpc) is 3.03. The van der Waals surface area contributed by atoms with Crippen molar-refractivity contribution in [3.05, 3.63) is 89.3 Å². The third kappa shape index (κ3) is 4.47. The van der Waals surface area contributed by atoms with Gasteiger partial charge in [0.25, 0.3) is 5.91 Å². The lowest BCUT2D eigenvalue weighted by Gasteiger charge is -2.28. The smallest absolute Gasteiger partial charge is 0.254 e. The molecule has 1 saturated heterocycles. The summed E-state index contributed by atoms with van der Waals surface area (Å²) in [5, 5.41) is 0. The van der Waals surface area contributed by atoms with Gasteiger partial charge in [0, 0.05) is 41.8 Å². The molecule has 168 valence electrons. The van der Waals surface area contributed by atoms with Crippen molar-refractivity contribution in [2.75, 3.05) is 32.0 Å². The van der Waals surface area contributed by atoms with Crippen LogP contribution < -0.4 is 5.73 Å². The van der Waals surface area contributed by atoms with Gasteiger partial charge in [-0.3, -0.25) is 9.79 Å². The highest BCUT2D eigenvalue weighted by molar-refractivity contribution is 5.95. The molecule has 1 amide bonds. The molecule has 2 aromatic carbocycles. The molecule has 1 unspecified atom stereocenters. The zero-order valence-corrected chi connectivity index (χ0v) is 18.8. The number of ether oxygens (including phenoxy) is 1. The third-order valence-corrected chi connectivity index (χ3v) is 6.20. The Balaban J connectivity index is 1.43. The summed E-state index contributed by atoms with van der Waals surface area (Å²) in [6, 6.07) is 15.7. The number of carbonyl (C=O) groups excluding carboxylic acids is 1. The van der Waals surface area contributed by atoms with Crippen LogP contribution in [0.4, 0.5) is 5.69 Å². The first-order valence-electron chi connectivity index (χ1n) is 11.4. The van der Waals surface area contributed by atoms with Crippen LogP contribution in [0.3, 0.4) is 0 Å². The van der Waals surface area contributed by atoms with E-state index in [9.17, 15) is 4.79 Å². The number of anilines is 1. The topological polar surface area (TPSA) is 71.2 Å². The molecule has 0 saturated carbocycles. The summed E-state index contributed by atoms with van der Waals surface area (Å²) in [4.78, 5) is 21.5. The summed E-state index contributed by atoms with van der Waals surface area (Å²) < 4.78 is 5.35. The molecule has 0 radical (unpaired) electrons. The second-order valence-corrected chi connectivity index (χ2v) is 8.64. The second kappa shape index (κ2) is 9.08. The molecule has 2 aromatic rings. The number of nitrogens with two attached hydrogens (primary N) is 1. The van der Waals surface area contributed by atoms with Crippen molar-refractivity contribution in [2.45, 2.75) is 13.3 Å². The van der Waals surface area contributed by atoms with Crippen molar-refractivity contribution in [3.63, 3.8) is 0 Å². The average molecular weight is 441 g/mol. The maximum Gasteiger partial charge on any atom is 0.254 e. The fraction of sp³-hybridized carbons (Fsp3) is 0.259. The van der Waals surface area contributed by atoms with Gasteiger partial charge in [-0.1, -0.05) is 43.3 Å². The van der Waals surface area contributed by atoms with Gasteiger partial charge in [0.1, 0.15) is 0 Å². The van der Waals surface area contributed by atoms with Gasteiger partial charge in [0.2, 0.25) is 0 Å². The minimum absolute atomic E-state index is 0.0475. The van der Waals surface area contributed by atoms with Crippen molar-refractivity contribution < 1.29 is 9.53 Å². The Hall–Kier alpha value is -3.64. The van der Waals surface area contributed by atoms with E-state index < -0.39 is 0 Å². The molecule has 3 aliphatic rings. The van der Waals surface area contributed by atoms with Gasteiger partial charge in [0.05, 0.1) is 30.8 Å². The van der Waals surface area contributed by atoms with Crippen molar-refractivity contribution in [3.8, 4) is 0 Å². The van der Waals surface area contributed by atoms with E-state index in [4.69, 9.17) is 15.5 Å². The van der Waals surface area contributed by atoms with E-state index in [1.807, 2.05) is 47.5 Å². The van der Waals surface area contributed by atoms with Gasteiger partial charge < -0.3 is 20.3 Å². The summed E-state index contributed by atoms with van der Waals surface area (Å²) in [6.45, 7) is 4.69. The van der Waals surface area contributed by atoms with E-state index in [-0.39, 0.29) is 5.91 Å². The number of morpholine rings is 1. The van der Waals surface area contributed by atoms with Crippen LogP contribution in [0.1, 0.15) is 34.8 Å². The van der Waals surface area contributed by atoms with Crippen LogP contribution in [0.15, 0.2) is 77.6 Å². The first-order valence-corrected chi connectivity index (χ1v) is 11.4. The van der Waals surface area contributed by atoms with Gasteiger partial charge in [-0.25, -0.2) is 0 Å². The normalized spacial score (nSPS) is 20.4. The lowest BCUT2D eigenvalue weighted by atomic mass is 10.0. The molecule has 3 heterocycles. The zero-order chi connectivity index (χ0) is 22.8. The van der Waals surface area contributed by atoms with Gasteiger partial charge in [-0.05, 0) is 42.2 Å². The van der Waals surface area contributed by atoms with Crippen LogP contribution in [-0.2, 0) is 4.74 Å². The SMILES string of the molecule is CC1C=C(c2ccc(N)cc2)N2C=C(c3ccc(C(=O)N4CCOCC4)cc3)N=CC2=CC1. The molecule has 6 heteroatoms. The van der Waals surface area contributed by atoms with Crippen molar-refractivity contribution in [1.82, 2.24) is 9.80 Å². The van der Waals surface area contributed by atoms with Crippen molar-refractivity contribution >= 4 is 29.2 Å². The number of fused-ring (bicyclic) bond motifs is 1. The largest absolute Gasteiger partial charge is 0.399 e. The van der Waals surface area contributed by atoms with Crippen LogP contribution in [0.2, 0.25) is 0 Å². The number of benzene rings is 2. The van der Waals surface area contributed by atoms with Crippen LogP contribution in [0, 0.1) is 5.92 Å². The fourth-order valence-corrected chi connectivity index (χ4v) is 4.28. The van der Waals surface area contributed by atoms with Crippen molar-refractivity contribution in [1.29, 1.82) is 0 Å². The summed E-state index contributed by atoms with van der Waals surface area (Å²) in [5.41, 5.74) is 12.5. The molecule has 1 fully saturated rings. The fourth-order valence-electron chi connectivity index (χ4n) is 4.28. The Morgan fingerprint density at radius 1 is 1.03 bits per heavy atom. The Labute approximate surface area is 194 Å². The number of nitrogen functional groups attached to an aromatic ring is 1. The monoisotopic (exact) mass is 440 g/mol. The van der Waals surface area contributed by atoms with E-state index in [2.05, 4.69) is 42.3 Å². The standard InChI is InChI=1S/C27H28N4O2/c1-19-2-11-24-17-29-25(18-31(24)26(16-19)21-7-9-23(28)10-8-21)20-3-5-22(6-4-20)27(32)30-12-14-33-15-13-30/h3-11,16-19H,2,12-15,28H2,1H3. The van der Waals surface area contributed by atoms with E-state index in [0.717, 1.165) is 40.3 Å². The van der Waals surface area contributed by atoms with E-state index in [1.54, 1.807) is 0 Å². The molecule has 2 N–H and O–H groups in total. The van der Waals surface area contributed by atoms with Gasteiger partial charge in [0.15, 0.2) is 0 Å². The highest BCUT2D eigenvalue weighted by Crippen LogP contribution is 2.34. The van der Waals surface area contributed by atoms with Crippen LogP contribution in [-0.4, -0.2) is 48.2 Å². The van der Waals surface area contributed by atoms with E-state index >= 15 is 0 Å². The molecule has 1 atom stereocenters. The minimum Gasteiger partial charge on any atom is -0.399 e. The van der Waals surface area contributed by atoms with E-state index in [1.165, 1.54) is 0 Å². The van der Waals surface area contributed by atoms with Crippen LogP contribution in [0.5, 0.6) is 0 Å². The quantitative estimate of drug-likeness (QED) is 0.719. The number of hydrogen-bond acceptors (Lipinski definition) is 5. The Morgan fingerprint density at radius 3 is 2.45 bits per heavy atom. The molecular weight excluding hydrogens is 412 g/mol. The van der Waals surface area contributed by atoms with Gasteiger partial charge >= 0.3 is 0 Å². The Morgan fingerprint density at radius 2 is 1.73 bits per heavy atom. The molecule has 6 nitrogen and oxygen atoms in total. The predicted molar refractivity (Wildman–Crippen MR) is 132 cm³/mol. The maximum atomic E-state index is 12.8. The van der Waals surface area contributed by atoms with Gasteiger partial charge in [-0.15, -0.1) is 0 Å². The first kappa shape index (κ1) is 21.2. The first-order chi connectivity index (χ1) is 16.1. The third-order valence-electron chi connectivity index (χ3n) is 6.20. The summed E-state index contributed by atoms with van der Waals surface area (Å²) >= 11 is 0. The summed E-state index contributed by atoms with van der Waals surface area (Å²) in [5.74, 6) is 0.456. The molecule has 3 aliphatic heterocycles. The number of carbonyl (C=O) groups is 1. The van der Waals surface area contributed by atoms with Crippen LogP contribution in [0.25, 0.3) is 11.4 Å². The lowest BCUT2D eigenvalue weighted by molar-refractivity contribution is 0.0303.